The molecule has 3 aromatic rings. The minimum absolute atomic E-state index is 0.769. The highest BCUT2D eigenvalue weighted by atomic mass is 32.1. The molecule has 4 rings (SSSR count). The van der Waals surface area contributed by atoms with E-state index in [-0.39, 0.29) is 0 Å². The van der Waals surface area contributed by atoms with Crippen LogP contribution in [0.1, 0.15) is 53.6 Å². The van der Waals surface area contributed by atoms with Crippen LogP contribution in [0.4, 0.5) is 0 Å². The van der Waals surface area contributed by atoms with Crippen molar-refractivity contribution in [1.29, 1.82) is 0 Å². The third kappa shape index (κ3) is 3.91. The van der Waals surface area contributed by atoms with Crippen LogP contribution in [-0.2, 0) is 19.3 Å². The zero-order valence-electron chi connectivity index (χ0n) is 15.6. The van der Waals surface area contributed by atoms with E-state index in [2.05, 4.69) is 61.5 Å². The van der Waals surface area contributed by atoms with Crippen LogP contribution in [0.5, 0.6) is 0 Å². The van der Waals surface area contributed by atoms with Crippen molar-refractivity contribution in [3.63, 3.8) is 0 Å². The molecule has 0 amide bonds. The van der Waals surface area contributed by atoms with Gasteiger partial charge in [-0.05, 0) is 36.3 Å². The summed E-state index contributed by atoms with van der Waals surface area (Å²) in [6.07, 6.45) is 8.60. The Balaban J connectivity index is 1.38. The lowest BCUT2D eigenvalue weighted by atomic mass is 9.93. The van der Waals surface area contributed by atoms with Crippen molar-refractivity contribution in [2.75, 3.05) is 0 Å². The number of hydrogen-bond donors (Lipinski definition) is 0. The quantitative estimate of drug-likeness (QED) is 0.340. The fourth-order valence-electron chi connectivity index (χ4n) is 4.14. The molecule has 0 aliphatic heterocycles. The lowest BCUT2D eigenvalue weighted by Gasteiger charge is -2.14. The van der Waals surface area contributed by atoms with Crippen molar-refractivity contribution in [3.05, 3.63) is 75.6 Å². The van der Waals surface area contributed by atoms with Gasteiger partial charge in [-0.15, -0.1) is 11.3 Å². The second-order valence-electron chi connectivity index (χ2n) is 7.45. The van der Waals surface area contributed by atoms with Crippen LogP contribution in [0.15, 0.2) is 54.6 Å². The normalized spacial score (nSPS) is 13.4. The molecular formula is C24H27NS. The second kappa shape index (κ2) is 8.18. The van der Waals surface area contributed by atoms with Crippen LogP contribution in [-0.4, -0.2) is 4.98 Å². The lowest BCUT2D eigenvalue weighted by molar-refractivity contribution is 0.429. The number of nitrogens with zero attached hydrogens (tertiary/aromatic N) is 1. The van der Waals surface area contributed by atoms with Gasteiger partial charge in [0.1, 0.15) is 0 Å². The molecule has 0 saturated carbocycles. The molecule has 0 radical (unpaired) electrons. The van der Waals surface area contributed by atoms with Crippen molar-refractivity contribution in [2.45, 2.75) is 51.9 Å². The van der Waals surface area contributed by atoms with Crippen LogP contribution >= 0.6 is 11.3 Å². The summed E-state index contributed by atoms with van der Waals surface area (Å²) in [5.41, 5.74) is 5.54. The summed E-state index contributed by atoms with van der Waals surface area (Å²) in [5, 5.41) is 1.35. The van der Waals surface area contributed by atoms with Crippen LogP contribution in [0, 0.1) is 5.92 Å². The van der Waals surface area contributed by atoms with Gasteiger partial charge < -0.3 is 0 Å². The number of hydrogen-bond acceptors (Lipinski definition) is 2. The maximum absolute atomic E-state index is 5.04. The Morgan fingerprint density at radius 2 is 1.81 bits per heavy atom. The molecule has 0 N–H and O–H groups in total. The summed E-state index contributed by atoms with van der Waals surface area (Å²) in [6.45, 7) is 2.31. The minimum atomic E-state index is 0.769. The Bertz CT molecular complexity index is 850. The van der Waals surface area contributed by atoms with Crippen LogP contribution in [0.2, 0.25) is 0 Å². The molecule has 1 aromatic heterocycles. The Morgan fingerprint density at radius 1 is 1.00 bits per heavy atom. The van der Waals surface area contributed by atoms with E-state index in [1.54, 1.807) is 0 Å². The fraction of sp³-hybridized carbons (Fsp3) is 0.375. The number of aromatic nitrogens is 1. The molecule has 1 aliphatic rings. The summed E-state index contributed by atoms with van der Waals surface area (Å²) >= 11 is 1.95. The van der Waals surface area contributed by atoms with Gasteiger partial charge in [-0.2, -0.15) is 0 Å². The highest BCUT2D eigenvalue weighted by Gasteiger charge is 2.23. The van der Waals surface area contributed by atoms with E-state index in [0.29, 0.717) is 0 Å². The Kier molecular flexibility index (Phi) is 5.50. The van der Waals surface area contributed by atoms with Gasteiger partial charge in [0.2, 0.25) is 0 Å². The zero-order valence-corrected chi connectivity index (χ0v) is 16.4. The molecule has 0 spiro atoms. The number of thiazole rings is 1. The molecule has 0 saturated heterocycles. The van der Waals surface area contributed by atoms with Gasteiger partial charge in [0, 0.05) is 23.3 Å². The molecule has 1 aliphatic carbocycles. The summed E-state index contributed by atoms with van der Waals surface area (Å²) in [6, 6.07) is 19.6. The summed E-state index contributed by atoms with van der Waals surface area (Å²) < 4.78 is 0. The van der Waals surface area contributed by atoms with Crippen LogP contribution < -0.4 is 0 Å². The van der Waals surface area contributed by atoms with E-state index in [1.807, 2.05) is 11.3 Å². The smallest absolute Gasteiger partial charge is 0.0938 e. The van der Waals surface area contributed by atoms with Crippen molar-refractivity contribution in [1.82, 2.24) is 4.98 Å². The van der Waals surface area contributed by atoms with E-state index in [0.717, 1.165) is 18.8 Å². The molecule has 1 unspecified atom stereocenters. The van der Waals surface area contributed by atoms with Crippen molar-refractivity contribution < 1.29 is 0 Å². The molecule has 2 heteroatoms. The molecule has 134 valence electrons. The van der Waals surface area contributed by atoms with Gasteiger partial charge in [0.15, 0.2) is 0 Å². The molecule has 1 heterocycles. The summed E-state index contributed by atoms with van der Waals surface area (Å²) in [5.74, 6) is 0.769. The predicted octanol–water partition coefficient (Wildman–Crippen LogP) is 6.70. The van der Waals surface area contributed by atoms with E-state index in [1.165, 1.54) is 64.4 Å². The molecule has 0 bridgehead atoms. The molecular weight excluding hydrogens is 334 g/mol. The molecule has 0 fully saturated rings. The van der Waals surface area contributed by atoms with E-state index >= 15 is 0 Å². The summed E-state index contributed by atoms with van der Waals surface area (Å²) in [7, 11) is 0. The number of benzene rings is 2. The highest BCUT2D eigenvalue weighted by Crippen LogP contribution is 2.40. The minimum Gasteiger partial charge on any atom is -0.241 e. The summed E-state index contributed by atoms with van der Waals surface area (Å²) in [4.78, 5) is 6.51. The molecule has 1 nitrogen and oxygen atoms in total. The van der Waals surface area contributed by atoms with Crippen molar-refractivity contribution >= 4 is 11.3 Å². The van der Waals surface area contributed by atoms with Crippen molar-refractivity contribution in [3.8, 4) is 11.3 Å². The Hall–Kier alpha value is -1.93. The average Bonchev–Trinajstić information content (AvgIpc) is 3.20. The highest BCUT2D eigenvalue weighted by molar-refractivity contribution is 7.12. The van der Waals surface area contributed by atoms with Gasteiger partial charge in [0.25, 0.3) is 0 Å². The first-order valence-electron chi connectivity index (χ1n) is 9.94. The third-order valence-electron chi connectivity index (χ3n) is 5.45. The van der Waals surface area contributed by atoms with E-state index < -0.39 is 0 Å². The zero-order chi connectivity index (χ0) is 17.8. The van der Waals surface area contributed by atoms with Gasteiger partial charge in [-0.1, -0.05) is 74.4 Å². The number of fused-ring (bicyclic) bond motifs is 3. The first-order valence-corrected chi connectivity index (χ1v) is 10.8. The predicted molar refractivity (Wildman–Crippen MR) is 112 cm³/mol. The maximum Gasteiger partial charge on any atom is 0.0938 e. The van der Waals surface area contributed by atoms with Gasteiger partial charge in [0.05, 0.1) is 10.7 Å². The van der Waals surface area contributed by atoms with Gasteiger partial charge in [-0.25, -0.2) is 4.98 Å². The maximum atomic E-state index is 5.04. The molecule has 2 aromatic carbocycles. The standard InChI is InChI=1S/C24H27NS/c1-2-9-19(13-8-12-18-10-4-3-5-11-18)16-23-25-24-21-15-7-6-14-20(21)17-22(24)26-23/h3-7,10-11,14-15,19H,2,8-9,12-13,16-17H2,1H3. The third-order valence-corrected chi connectivity index (χ3v) is 6.52. The molecule has 1 atom stereocenters. The van der Waals surface area contributed by atoms with Crippen LogP contribution in [0.25, 0.3) is 11.3 Å². The van der Waals surface area contributed by atoms with E-state index in [9.17, 15) is 0 Å². The molecule has 26 heavy (non-hydrogen) atoms. The van der Waals surface area contributed by atoms with Crippen molar-refractivity contribution in [2.24, 2.45) is 5.92 Å². The topological polar surface area (TPSA) is 12.9 Å². The second-order valence-corrected chi connectivity index (χ2v) is 8.62. The number of rotatable bonds is 8. The van der Waals surface area contributed by atoms with E-state index in [4.69, 9.17) is 4.98 Å². The average molecular weight is 362 g/mol. The monoisotopic (exact) mass is 361 g/mol. The van der Waals surface area contributed by atoms with Gasteiger partial charge >= 0.3 is 0 Å². The Labute approximate surface area is 161 Å². The first kappa shape index (κ1) is 17.5. The van der Waals surface area contributed by atoms with Crippen LogP contribution in [0.3, 0.4) is 0 Å². The Morgan fingerprint density at radius 3 is 2.65 bits per heavy atom. The number of aryl methyl sites for hydroxylation is 1. The SMILES string of the molecule is CCCC(CCCc1ccccc1)Cc1nc2c(s1)Cc1ccccc1-2. The van der Waals surface area contributed by atoms with Gasteiger partial charge in [-0.3, -0.25) is 0 Å². The first-order chi connectivity index (χ1) is 12.8. The fourth-order valence-corrected chi connectivity index (χ4v) is 5.36. The lowest BCUT2D eigenvalue weighted by Crippen LogP contribution is -2.05. The largest absolute Gasteiger partial charge is 0.241 e.